The SMILES string of the molecule is CN1CC(Cc2ccc(F)cc2)CC(NC2CCCC2)C1. The van der Waals surface area contributed by atoms with Crippen molar-refractivity contribution in [2.24, 2.45) is 5.92 Å². The van der Waals surface area contributed by atoms with Crippen LogP contribution < -0.4 is 5.32 Å². The zero-order chi connectivity index (χ0) is 14.7. The topological polar surface area (TPSA) is 15.3 Å². The summed E-state index contributed by atoms with van der Waals surface area (Å²) in [6.45, 7) is 2.32. The van der Waals surface area contributed by atoms with Gasteiger partial charge in [-0.05, 0) is 56.3 Å². The van der Waals surface area contributed by atoms with Crippen molar-refractivity contribution in [1.29, 1.82) is 0 Å². The van der Waals surface area contributed by atoms with Gasteiger partial charge in [-0.25, -0.2) is 4.39 Å². The molecule has 0 bridgehead atoms. The molecule has 0 aromatic heterocycles. The lowest BCUT2D eigenvalue weighted by Crippen LogP contribution is -2.50. The van der Waals surface area contributed by atoms with E-state index in [0.717, 1.165) is 25.6 Å². The zero-order valence-corrected chi connectivity index (χ0v) is 13.0. The minimum atomic E-state index is -0.139. The fourth-order valence-electron chi connectivity index (χ4n) is 4.09. The maximum Gasteiger partial charge on any atom is 0.123 e. The third-order valence-electron chi connectivity index (χ3n) is 4.98. The van der Waals surface area contributed by atoms with E-state index in [1.54, 1.807) is 12.1 Å². The van der Waals surface area contributed by atoms with Gasteiger partial charge in [0.15, 0.2) is 0 Å². The Morgan fingerprint density at radius 1 is 1.10 bits per heavy atom. The standard InChI is InChI=1S/C18H27FN2/c1-21-12-15(10-14-6-8-16(19)9-7-14)11-18(13-21)20-17-4-2-3-5-17/h6-9,15,17-18,20H,2-5,10-13H2,1H3. The van der Waals surface area contributed by atoms with Gasteiger partial charge in [-0.2, -0.15) is 0 Å². The van der Waals surface area contributed by atoms with Gasteiger partial charge in [0.25, 0.3) is 0 Å². The van der Waals surface area contributed by atoms with Crippen LogP contribution in [0.1, 0.15) is 37.7 Å². The van der Waals surface area contributed by atoms with Crippen molar-refractivity contribution < 1.29 is 4.39 Å². The quantitative estimate of drug-likeness (QED) is 0.916. The molecule has 116 valence electrons. The molecule has 1 saturated heterocycles. The first kappa shape index (κ1) is 15.0. The number of hydrogen-bond acceptors (Lipinski definition) is 2. The van der Waals surface area contributed by atoms with Gasteiger partial charge >= 0.3 is 0 Å². The Kier molecular flexibility index (Phi) is 4.91. The highest BCUT2D eigenvalue weighted by Gasteiger charge is 2.27. The molecule has 3 heteroatoms. The van der Waals surface area contributed by atoms with E-state index in [1.807, 2.05) is 12.1 Å². The van der Waals surface area contributed by atoms with Crippen molar-refractivity contribution in [3.8, 4) is 0 Å². The second kappa shape index (κ2) is 6.89. The van der Waals surface area contributed by atoms with E-state index >= 15 is 0 Å². The maximum atomic E-state index is 13.0. The molecule has 1 heterocycles. The van der Waals surface area contributed by atoms with Crippen LogP contribution >= 0.6 is 0 Å². The Morgan fingerprint density at radius 3 is 2.52 bits per heavy atom. The van der Waals surface area contributed by atoms with E-state index in [4.69, 9.17) is 0 Å². The van der Waals surface area contributed by atoms with Crippen LogP contribution in [0, 0.1) is 11.7 Å². The Hall–Kier alpha value is -0.930. The molecule has 1 aliphatic heterocycles. The predicted molar refractivity (Wildman–Crippen MR) is 84.9 cm³/mol. The van der Waals surface area contributed by atoms with E-state index in [-0.39, 0.29) is 5.82 Å². The molecule has 1 N–H and O–H groups in total. The number of halogens is 1. The Morgan fingerprint density at radius 2 is 1.81 bits per heavy atom. The predicted octanol–water partition coefficient (Wildman–Crippen LogP) is 3.22. The third kappa shape index (κ3) is 4.27. The largest absolute Gasteiger partial charge is 0.310 e. The lowest BCUT2D eigenvalue weighted by Gasteiger charge is -2.37. The summed E-state index contributed by atoms with van der Waals surface area (Å²) < 4.78 is 13.0. The smallest absolute Gasteiger partial charge is 0.123 e. The second-order valence-corrected chi connectivity index (χ2v) is 7.00. The van der Waals surface area contributed by atoms with Crippen molar-refractivity contribution in [3.05, 3.63) is 35.6 Å². The van der Waals surface area contributed by atoms with E-state index in [9.17, 15) is 4.39 Å². The molecule has 2 unspecified atom stereocenters. The number of hydrogen-bond donors (Lipinski definition) is 1. The Balaban J connectivity index is 1.55. The van der Waals surface area contributed by atoms with Gasteiger partial charge in [-0.3, -0.25) is 0 Å². The fraction of sp³-hybridized carbons (Fsp3) is 0.667. The molecule has 1 aromatic carbocycles. The monoisotopic (exact) mass is 290 g/mol. The molecule has 0 amide bonds. The van der Waals surface area contributed by atoms with Crippen LogP contribution in [-0.2, 0) is 6.42 Å². The first-order chi connectivity index (χ1) is 10.2. The molecule has 2 atom stereocenters. The molecule has 21 heavy (non-hydrogen) atoms. The molecular formula is C18H27FN2. The van der Waals surface area contributed by atoms with Crippen LogP contribution in [0.15, 0.2) is 24.3 Å². The van der Waals surface area contributed by atoms with Crippen LogP contribution in [-0.4, -0.2) is 37.1 Å². The van der Waals surface area contributed by atoms with Crippen LogP contribution in [0.2, 0.25) is 0 Å². The van der Waals surface area contributed by atoms with Gasteiger partial charge in [-0.1, -0.05) is 25.0 Å². The summed E-state index contributed by atoms with van der Waals surface area (Å²) in [6, 6.07) is 8.39. The number of nitrogens with zero attached hydrogens (tertiary/aromatic N) is 1. The lowest BCUT2D eigenvalue weighted by molar-refractivity contribution is 0.161. The van der Waals surface area contributed by atoms with E-state index in [2.05, 4.69) is 17.3 Å². The van der Waals surface area contributed by atoms with Crippen molar-refractivity contribution in [3.63, 3.8) is 0 Å². The molecular weight excluding hydrogens is 263 g/mol. The number of nitrogens with one attached hydrogen (secondary N) is 1. The summed E-state index contributed by atoms with van der Waals surface area (Å²) in [5.41, 5.74) is 1.26. The third-order valence-corrected chi connectivity index (χ3v) is 4.98. The van der Waals surface area contributed by atoms with E-state index < -0.39 is 0 Å². The highest BCUT2D eigenvalue weighted by molar-refractivity contribution is 5.17. The normalized spacial score (nSPS) is 28.1. The van der Waals surface area contributed by atoms with Crippen molar-refractivity contribution in [2.75, 3.05) is 20.1 Å². The number of likely N-dealkylation sites (N-methyl/N-ethyl adjacent to an activating group) is 1. The van der Waals surface area contributed by atoms with Crippen molar-refractivity contribution in [1.82, 2.24) is 10.2 Å². The minimum Gasteiger partial charge on any atom is -0.310 e. The van der Waals surface area contributed by atoms with Gasteiger partial charge < -0.3 is 10.2 Å². The number of rotatable bonds is 4. The average molecular weight is 290 g/mol. The molecule has 1 aromatic rings. The highest BCUT2D eigenvalue weighted by atomic mass is 19.1. The maximum absolute atomic E-state index is 13.0. The van der Waals surface area contributed by atoms with Gasteiger partial charge in [0.2, 0.25) is 0 Å². The van der Waals surface area contributed by atoms with E-state index in [0.29, 0.717) is 12.0 Å². The van der Waals surface area contributed by atoms with Crippen LogP contribution in [0.5, 0.6) is 0 Å². The zero-order valence-electron chi connectivity index (χ0n) is 13.0. The summed E-state index contributed by atoms with van der Waals surface area (Å²) >= 11 is 0. The molecule has 1 aliphatic carbocycles. The summed E-state index contributed by atoms with van der Waals surface area (Å²) in [6.07, 6.45) is 7.79. The fourth-order valence-corrected chi connectivity index (χ4v) is 4.09. The average Bonchev–Trinajstić information content (AvgIpc) is 2.93. The molecule has 2 nitrogen and oxygen atoms in total. The summed E-state index contributed by atoms with van der Waals surface area (Å²) in [4.78, 5) is 2.45. The van der Waals surface area contributed by atoms with Gasteiger partial charge in [0, 0.05) is 25.2 Å². The number of piperidine rings is 1. The lowest BCUT2D eigenvalue weighted by atomic mass is 9.88. The van der Waals surface area contributed by atoms with Crippen LogP contribution in [0.3, 0.4) is 0 Å². The van der Waals surface area contributed by atoms with Gasteiger partial charge in [-0.15, -0.1) is 0 Å². The summed E-state index contributed by atoms with van der Waals surface area (Å²) in [5, 5.41) is 3.87. The van der Waals surface area contributed by atoms with Gasteiger partial charge in [0.1, 0.15) is 5.82 Å². The minimum absolute atomic E-state index is 0.139. The summed E-state index contributed by atoms with van der Waals surface area (Å²) in [5.74, 6) is 0.536. The van der Waals surface area contributed by atoms with Crippen LogP contribution in [0.25, 0.3) is 0 Å². The molecule has 0 radical (unpaired) electrons. The first-order valence-corrected chi connectivity index (χ1v) is 8.38. The van der Waals surface area contributed by atoms with Gasteiger partial charge in [0.05, 0.1) is 0 Å². The highest BCUT2D eigenvalue weighted by Crippen LogP contribution is 2.24. The second-order valence-electron chi connectivity index (χ2n) is 7.00. The number of benzene rings is 1. The molecule has 0 spiro atoms. The number of likely N-dealkylation sites (tertiary alicyclic amines) is 1. The van der Waals surface area contributed by atoms with Crippen molar-refractivity contribution in [2.45, 2.75) is 50.6 Å². The summed E-state index contributed by atoms with van der Waals surface area (Å²) in [7, 11) is 2.22. The van der Waals surface area contributed by atoms with Crippen LogP contribution in [0.4, 0.5) is 4.39 Å². The Labute approximate surface area is 127 Å². The van der Waals surface area contributed by atoms with E-state index in [1.165, 1.54) is 37.7 Å². The molecule has 3 rings (SSSR count). The van der Waals surface area contributed by atoms with Crippen molar-refractivity contribution >= 4 is 0 Å². The molecule has 2 fully saturated rings. The molecule has 1 saturated carbocycles. The molecule has 2 aliphatic rings. The Bertz CT molecular complexity index is 439. The first-order valence-electron chi connectivity index (χ1n) is 8.38.